The summed E-state index contributed by atoms with van der Waals surface area (Å²) in [4.78, 5) is 0. The summed E-state index contributed by atoms with van der Waals surface area (Å²) in [6.45, 7) is 1.88. The number of aliphatic hydroxyl groups is 1. The second-order valence-corrected chi connectivity index (χ2v) is 4.07. The SMILES string of the molecule is Cc1c(Br)cc(F)cc1C(N)CCO. The second-order valence-electron chi connectivity index (χ2n) is 3.22. The molecule has 0 heterocycles. The van der Waals surface area contributed by atoms with Gasteiger partial charge in [-0.05, 0) is 36.6 Å². The predicted octanol–water partition coefficient (Wildman–Crippen LogP) is 2.28. The van der Waals surface area contributed by atoms with Gasteiger partial charge in [-0.2, -0.15) is 0 Å². The Morgan fingerprint density at radius 2 is 2.21 bits per heavy atom. The monoisotopic (exact) mass is 261 g/mol. The summed E-state index contributed by atoms with van der Waals surface area (Å²) in [5, 5.41) is 8.74. The first kappa shape index (κ1) is 11.6. The molecule has 0 bridgehead atoms. The Kier molecular flexibility index (Phi) is 4.04. The topological polar surface area (TPSA) is 46.2 Å². The highest BCUT2D eigenvalue weighted by atomic mass is 79.9. The number of halogens is 2. The van der Waals surface area contributed by atoms with E-state index >= 15 is 0 Å². The van der Waals surface area contributed by atoms with Crippen molar-refractivity contribution in [3.63, 3.8) is 0 Å². The molecule has 0 saturated carbocycles. The number of hydrogen-bond acceptors (Lipinski definition) is 2. The van der Waals surface area contributed by atoms with Gasteiger partial charge in [0, 0.05) is 17.1 Å². The van der Waals surface area contributed by atoms with Crippen LogP contribution in [0.5, 0.6) is 0 Å². The minimum Gasteiger partial charge on any atom is -0.396 e. The third-order valence-electron chi connectivity index (χ3n) is 2.19. The molecule has 0 amide bonds. The van der Waals surface area contributed by atoms with Crippen LogP contribution in [-0.2, 0) is 0 Å². The van der Waals surface area contributed by atoms with E-state index < -0.39 is 0 Å². The highest BCUT2D eigenvalue weighted by Gasteiger charge is 2.12. The Labute approximate surface area is 91.1 Å². The average Bonchev–Trinajstić information content (AvgIpc) is 2.11. The lowest BCUT2D eigenvalue weighted by Crippen LogP contribution is -2.13. The van der Waals surface area contributed by atoms with Crippen molar-refractivity contribution in [2.75, 3.05) is 6.61 Å². The molecule has 4 heteroatoms. The molecule has 3 N–H and O–H groups in total. The van der Waals surface area contributed by atoms with Gasteiger partial charge in [-0.1, -0.05) is 15.9 Å². The molecule has 1 unspecified atom stereocenters. The van der Waals surface area contributed by atoms with Gasteiger partial charge in [0.2, 0.25) is 0 Å². The van der Waals surface area contributed by atoms with Crippen LogP contribution in [0.3, 0.4) is 0 Å². The number of nitrogens with two attached hydrogens (primary N) is 1. The Bertz CT molecular complexity index is 330. The molecule has 1 aromatic carbocycles. The van der Waals surface area contributed by atoms with Crippen LogP contribution in [0.1, 0.15) is 23.6 Å². The molecule has 2 nitrogen and oxygen atoms in total. The number of benzene rings is 1. The standard InChI is InChI=1S/C10H13BrFNO/c1-6-8(10(13)2-3-14)4-7(12)5-9(6)11/h4-5,10,14H,2-3,13H2,1H3. The van der Waals surface area contributed by atoms with Crippen molar-refractivity contribution in [2.24, 2.45) is 5.73 Å². The molecular weight excluding hydrogens is 249 g/mol. The Morgan fingerprint density at radius 3 is 2.79 bits per heavy atom. The van der Waals surface area contributed by atoms with E-state index in [0.717, 1.165) is 11.1 Å². The first-order valence-electron chi connectivity index (χ1n) is 4.38. The maximum Gasteiger partial charge on any atom is 0.124 e. The molecule has 1 rings (SSSR count). The van der Waals surface area contributed by atoms with Crippen LogP contribution in [0.25, 0.3) is 0 Å². The van der Waals surface area contributed by atoms with Crippen molar-refractivity contribution < 1.29 is 9.50 Å². The highest BCUT2D eigenvalue weighted by molar-refractivity contribution is 9.10. The highest BCUT2D eigenvalue weighted by Crippen LogP contribution is 2.26. The number of aliphatic hydroxyl groups excluding tert-OH is 1. The summed E-state index contributed by atoms with van der Waals surface area (Å²) in [7, 11) is 0. The van der Waals surface area contributed by atoms with Crippen LogP contribution in [0, 0.1) is 12.7 Å². The first-order chi connectivity index (χ1) is 6.56. The van der Waals surface area contributed by atoms with Gasteiger partial charge >= 0.3 is 0 Å². The molecule has 0 spiro atoms. The predicted molar refractivity (Wildman–Crippen MR) is 57.5 cm³/mol. The normalized spacial score (nSPS) is 12.9. The van der Waals surface area contributed by atoms with Crippen molar-refractivity contribution >= 4 is 15.9 Å². The van der Waals surface area contributed by atoms with Gasteiger partial charge in [0.25, 0.3) is 0 Å². The van der Waals surface area contributed by atoms with E-state index in [1.807, 2.05) is 6.92 Å². The van der Waals surface area contributed by atoms with Crippen LogP contribution < -0.4 is 5.73 Å². The molecule has 1 atom stereocenters. The largest absolute Gasteiger partial charge is 0.396 e. The Balaban J connectivity index is 3.07. The third-order valence-corrected chi connectivity index (χ3v) is 3.01. The molecule has 0 aromatic heterocycles. The van der Waals surface area contributed by atoms with Crippen LogP contribution in [-0.4, -0.2) is 11.7 Å². The first-order valence-corrected chi connectivity index (χ1v) is 5.17. The summed E-state index contributed by atoms with van der Waals surface area (Å²) >= 11 is 3.26. The van der Waals surface area contributed by atoms with Crippen LogP contribution in [0.2, 0.25) is 0 Å². The number of rotatable bonds is 3. The van der Waals surface area contributed by atoms with E-state index in [2.05, 4.69) is 15.9 Å². The van der Waals surface area contributed by atoms with E-state index in [0.29, 0.717) is 10.9 Å². The van der Waals surface area contributed by atoms with Gasteiger partial charge in [0.15, 0.2) is 0 Å². The van der Waals surface area contributed by atoms with Crippen molar-refractivity contribution in [3.8, 4) is 0 Å². The molecule has 0 saturated heterocycles. The van der Waals surface area contributed by atoms with E-state index in [1.165, 1.54) is 12.1 Å². The lowest BCUT2D eigenvalue weighted by Gasteiger charge is -2.14. The maximum absolute atomic E-state index is 13.1. The summed E-state index contributed by atoms with van der Waals surface area (Å²) in [5.74, 6) is -0.314. The zero-order chi connectivity index (χ0) is 10.7. The van der Waals surface area contributed by atoms with Gasteiger partial charge in [0.05, 0.1) is 0 Å². The van der Waals surface area contributed by atoms with Crippen LogP contribution in [0.4, 0.5) is 4.39 Å². The minimum absolute atomic E-state index is 0.00867. The fraction of sp³-hybridized carbons (Fsp3) is 0.400. The molecule has 14 heavy (non-hydrogen) atoms. The van der Waals surface area contributed by atoms with E-state index in [4.69, 9.17) is 10.8 Å². The van der Waals surface area contributed by atoms with Crippen molar-refractivity contribution in [3.05, 3.63) is 33.5 Å². The van der Waals surface area contributed by atoms with Gasteiger partial charge < -0.3 is 10.8 Å². The zero-order valence-electron chi connectivity index (χ0n) is 7.93. The Hall–Kier alpha value is -0.450. The molecular formula is C10H13BrFNO. The average molecular weight is 262 g/mol. The quantitative estimate of drug-likeness (QED) is 0.877. The van der Waals surface area contributed by atoms with Crippen molar-refractivity contribution in [2.45, 2.75) is 19.4 Å². The van der Waals surface area contributed by atoms with Crippen LogP contribution in [0.15, 0.2) is 16.6 Å². The summed E-state index contributed by atoms with van der Waals surface area (Å²) in [6.07, 6.45) is 0.441. The summed E-state index contributed by atoms with van der Waals surface area (Å²) < 4.78 is 13.8. The van der Waals surface area contributed by atoms with Crippen molar-refractivity contribution in [1.29, 1.82) is 0 Å². The third kappa shape index (κ3) is 2.53. The van der Waals surface area contributed by atoms with E-state index in [1.54, 1.807) is 0 Å². The van der Waals surface area contributed by atoms with E-state index in [9.17, 15) is 4.39 Å². The lowest BCUT2D eigenvalue weighted by atomic mass is 10.00. The zero-order valence-corrected chi connectivity index (χ0v) is 9.51. The molecule has 78 valence electrons. The summed E-state index contributed by atoms with van der Waals surface area (Å²) in [5.41, 5.74) is 7.46. The lowest BCUT2D eigenvalue weighted by molar-refractivity contribution is 0.276. The second kappa shape index (κ2) is 4.87. The maximum atomic E-state index is 13.1. The fourth-order valence-electron chi connectivity index (χ4n) is 1.35. The smallest absolute Gasteiger partial charge is 0.124 e. The molecule has 0 radical (unpaired) electrons. The van der Waals surface area contributed by atoms with Crippen LogP contribution >= 0.6 is 15.9 Å². The van der Waals surface area contributed by atoms with E-state index in [-0.39, 0.29) is 18.5 Å². The minimum atomic E-state index is -0.314. The van der Waals surface area contributed by atoms with Gasteiger partial charge in [-0.3, -0.25) is 0 Å². The van der Waals surface area contributed by atoms with Gasteiger partial charge in [0.1, 0.15) is 5.82 Å². The molecule has 0 fully saturated rings. The Morgan fingerprint density at radius 1 is 1.57 bits per heavy atom. The molecule has 0 aliphatic carbocycles. The van der Waals surface area contributed by atoms with Crippen molar-refractivity contribution in [1.82, 2.24) is 0 Å². The van der Waals surface area contributed by atoms with Gasteiger partial charge in [-0.15, -0.1) is 0 Å². The fourth-order valence-corrected chi connectivity index (χ4v) is 1.79. The molecule has 1 aromatic rings. The molecule has 0 aliphatic heterocycles. The van der Waals surface area contributed by atoms with Gasteiger partial charge in [-0.25, -0.2) is 4.39 Å². The molecule has 0 aliphatic rings. The summed E-state index contributed by atoms with van der Waals surface area (Å²) in [6, 6.07) is 2.51. The number of hydrogen-bond donors (Lipinski definition) is 2.